The molecule has 3 N–H and O–H groups in total. The number of rotatable bonds is 2. The van der Waals surface area contributed by atoms with Crippen LogP contribution in [0.5, 0.6) is 0 Å². The van der Waals surface area contributed by atoms with Crippen LogP contribution in [0.2, 0.25) is 5.15 Å². The summed E-state index contributed by atoms with van der Waals surface area (Å²) in [4.78, 5) is 14.3. The molecule has 0 unspecified atom stereocenters. The third-order valence-electron chi connectivity index (χ3n) is 1.44. The number of carboxylic acid groups (broad SMARTS) is 1. The maximum atomic E-state index is 10.5. The summed E-state index contributed by atoms with van der Waals surface area (Å²) in [7, 11) is 0. The Hall–Kier alpha value is -0.400. The van der Waals surface area contributed by atoms with E-state index in [1.165, 1.54) is 6.20 Å². The Morgan fingerprint density at radius 1 is 1.77 bits per heavy atom. The van der Waals surface area contributed by atoms with E-state index in [9.17, 15) is 4.79 Å². The summed E-state index contributed by atoms with van der Waals surface area (Å²) in [5.41, 5.74) is 5.82. The largest absolute Gasteiger partial charge is 0.480 e. The maximum absolute atomic E-state index is 10.5. The van der Waals surface area contributed by atoms with Crippen molar-refractivity contribution in [3.8, 4) is 0 Å². The first-order valence-electron chi connectivity index (χ1n) is 3.31. The molecule has 0 spiro atoms. The smallest absolute Gasteiger partial charge is 0.325 e. The monoisotopic (exact) mass is 312 g/mol. The molecular weight excluding hydrogens is 306 g/mol. The van der Waals surface area contributed by atoms with Crippen molar-refractivity contribution < 1.29 is 9.90 Å². The third-order valence-corrected chi connectivity index (χ3v) is 2.88. The van der Waals surface area contributed by atoms with Gasteiger partial charge in [0.1, 0.15) is 11.2 Å². The molecule has 1 aromatic heterocycles. The van der Waals surface area contributed by atoms with E-state index < -0.39 is 12.0 Å². The van der Waals surface area contributed by atoms with Crippen molar-refractivity contribution in [1.82, 2.24) is 4.98 Å². The number of hydrogen-bond acceptors (Lipinski definition) is 3. The minimum absolute atomic E-state index is 0.349. The van der Waals surface area contributed by atoms with Crippen molar-refractivity contribution in [2.45, 2.75) is 6.04 Å². The van der Waals surface area contributed by atoms with Crippen molar-refractivity contribution >= 4 is 40.2 Å². The number of aromatic nitrogens is 1. The number of pyridine rings is 1. The van der Waals surface area contributed by atoms with Crippen LogP contribution in [0, 0.1) is 3.57 Å². The SMILES string of the molecule is N[C@@H](C(=O)O)c1cnc(Cl)c(I)c1. The first kappa shape index (κ1) is 10.7. The van der Waals surface area contributed by atoms with Gasteiger partial charge in [-0.3, -0.25) is 4.79 Å². The van der Waals surface area contributed by atoms with E-state index in [0.29, 0.717) is 14.3 Å². The number of aliphatic carboxylic acids is 1. The molecule has 1 atom stereocenters. The Bertz CT molecular complexity index is 345. The molecule has 0 amide bonds. The Balaban J connectivity index is 3.03. The normalized spacial score (nSPS) is 12.5. The number of carbonyl (C=O) groups is 1. The van der Waals surface area contributed by atoms with Crippen LogP contribution in [-0.2, 0) is 4.79 Å². The highest BCUT2D eigenvalue weighted by atomic mass is 127. The van der Waals surface area contributed by atoms with E-state index in [0.717, 1.165) is 0 Å². The van der Waals surface area contributed by atoms with Gasteiger partial charge in [-0.05, 0) is 34.2 Å². The van der Waals surface area contributed by atoms with Crippen LogP contribution in [0.3, 0.4) is 0 Å². The Kier molecular flexibility index (Phi) is 3.46. The van der Waals surface area contributed by atoms with E-state index in [1.54, 1.807) is 6.07 Å². The lowest BCUT2D eigenvalue weighted by molar-refractivity contribution is -0.138. The van der Waals surface area contributed by atoms with Gasteiger partial charge in [-0.1, -0.05) is 11.6 Å². The molecule has 0 saturated carbocycles. The zero-order chi connectivity index (χ0) is 10.0. The number of halogens is 2. The molecule has 0 aliphatic rings. The Labute approximate surface area is 93.2 Å². The summed E-state index contributed by atoms with van der Waals surface area (Å²) in [5, 5.41) is 8.96. The molecule has 0 saturated heterocycles. The number of hydrogen-bond donors (Lipinski definition) is 2. The van der Waals surface area contributed by atoms with Crippen LogP contribution >= 0.6 is 34.2 Å². The Morgan fingerprint density at radius 2 is 2.38 bits per heavy atom. The molecule has 4 nitrogen and oxygen atoms in total. The quantitative estimate of drug-likeness (QED) is 0.640. The van der Waals surface area contributed by atoms with Gasteiger partial charge in [-0.15, -0.1) is 0 Å². The molecule has 0 fully saturated rings. The minimum atomic E-state index is -1.08. The van der Waals surface area contributed by atoms with Gasteiger partial charge < -0.3 is 10.8 Å². The van der Waals surface area contributed by atoms with E-state index in [4.69, 9.17) is 22.4 Å². The third kappa shape index (κ3) is 2.52. The van der Waals surface area contributed by atoms with Gasteiger partial charge in [0.15, 0.2) is 0 Å². The average molecular weight is 312 g/mol. The predicted molar refractivity (Wildman–Crippen MR) is 56.5 cm³/mol. The lowest BCUT2D eigenvalue weighted by atomic mass is 10.1. The minimum Gasteiger partial charge on any atom is -0.480 e. The highest BCUT2D eigenvalue weighted by Crippen LogP contribution is 2.19. The van der Waals surface area contributed by atoms with Gasteiger partial charge in [0, 0.05) is 6.20 Å². The first-order chi connectivity index (χ1) is 6.02. The predicted octanol–water partition coefficient (Wildman–Crippen LogP) is 1.42. The molecule has 6 heteroatoms. The molecule has 70 valence electrons. The van der Waals surface area contributed by atoms with Crippen LogP contribution in [0.4, 0.5) is 0 Å². The molecule has 1 rings (SSSR count). The fraction of sp³-hybridized carbons (Fsp3) is 0.143. The fourth-order valence-electron chi connectivity index (χ4n) is 0.749. The maximum Gasteiger partial charge on any atom is 0.325 e. The number of nitrogens with zero attached hydrogens (tertiary/aromatic N) is 1. The van der Waals surface area contributed by atoms with E-state index >= 15 is 0 Å². The van der Waals surface area contributed by atoms with Crippen molar-refractivity contribution in [2.75, 3.05) is 0 Å². The van der Waals surface area contributed by atoms with Crippen molar-refractivity contribution in [1.29, 1.82) is 0 Å². The van der Waals surface area contributed by atoms with Crippen LogP contribution in [0.1, 0.15) is 11.6 Å². The number of nitrogens with two attached hydrogens (primary N) is 1. The second kappa shape index (κ2) is 4.21. The van der Waals surface area contributed by atoms with Crippen LogP contribution in [0.25, 0.3) is 0 Å². The van der Waals surface area contributed by atoms with Crippen molar-refractivity contribution in [3.63, 3.8) is 0 Å². The molecule has 1 aromatic rings. The highest BCUT2D eigenvalue weighted by Gasteiger charge is 2.15. The van der Waals surface area contributed by atoms with Crippen LogP contribution in [-0.4, -0.2) is 16.1 Å². The molecule has 0 radical (unpaired) electrons. The van der Waals surface area contributed by atoms with Crippen LogP contribution in [0.15, 0.2) is 12.3 Å². The fourth-order valence-corrected chi connectivity index (χ4v) is 1.35. The molecule has 1 heterocycles. The standard InChI is InChI=1S/C7H6ClIN2O2/c8-6-4(9)1-3(2-11-6)5(10)7(12)13/h1-2,5H,10H2,(H,12,13)/t5-/m1/s1. The summed E-state index contributed by atoms with van der Waals surface area (Å²) in [5.74, 6) is -1.08. The molecule has 13 heavy (non-hydrogen) atoms. The van der Waals surface area contributed by atoms with E-state index in [2.05, 4.69) is 4.98 Å². The molecule has 0 aromatic carbocycles. The summed E-state index contributed by atoms with van der Waals surface area (Å²) < 4.78 is 0.688. The second-order valence-corrected chi connectivity index (χ2v) is 3.88. The second-order valence-electron chi connectivity index (χ2n) is 2.36. The lowest BCUT2D eigenvalue weighted by Gasteiger charge is -2.06. The van der Waals surface area contributed by atoms with Crippen LogP contribution < -0.4 is 5.73 Å². The van der Waals surface area contributed by atoms with E-state index in [-0.39, 0.29) is 0 Å². The zero-order valence-corrected chi connectivity index (χ0v) is 9.28. The van der Waals surface area contributed by atoms with Crippen molar-refractivity contribution in [3.05, 3.63) is 26.5 Å². The van der Waals surface area contributed by atoms with Gasteiger partial charge in [0.05, 0.1) is 3.57 Å². The lowest BCUT2D eigenvalue weighted by Crippen LogP contribution is -2.20. The summed E-state index contributed by atoms with van der Waals surface area (Å²) in [6, 6.07) is 0.563. The highest BCUT2D eigenvalue weighted by molar-refractivity contribution is 14.1. The Morgan fingerprint density at radius 3 is 2.85 bits per heavy atom. The first-order valence-corrected chi connectivity index (χ1v) is 4.77. The van der Waals surface area contributed by atoms with Gasteiger partial charge in [-0.2, -0.15) is 0 Å². The molecule has 0 aliphatic carbocycles. The molecule has 0 bridgehead atoms. The topological polar surface area (TPSA) is 76.2 Å². The van der Waals surface area contributed by atoms with E-state index in [1.807, 2.05) is 22.6 Å². The molecular formula is C7H6ClIN2O2. The summed E-state index contributed by atoms with van der Waals surface area (Å²) in [6.45, 7) is 0. The summed E-state index contributed by atoms with van der Waals surface area (Å²) >= 11 is 7.62. The van der Waals surface area contributed by atoms with Gasteiger partial charge in [0.2, 0.25) is 0 Å². The number of carboxylic acids is 1. The van der Waals surface area contributed by atoms with Gasteiger partial charge in [-0.25, -0.2) is 4.98 Å². The van der Waals surface area contributed by atoms with Gasteiger partial charge >= 0.3 is 5.97 Å². The molecule has 0 aliphatic heterocycles. The van der Waals surface area contributed by atoms with Crippen molar-refractivity contribution in [2.24, 2.45) is 5.73 Å². The zero-order valence-electron chi connectivity index (χ0n) is 6.37. The summed E-state index contributed by atoms with van der Waals surface area (Å²) in [6.07, 6.45) is 1.36. The van der Waals surface area contributed by atoms with Gasteiger partial charge in [0.25, 0.3) is 0 Å². The average Bonchev–Trinajstić information content (AvgIpc) is 2.08.